The summed E-state index contributed by atoms with van der Waals surface area (Å²) in [6.07, 6.45) is 5.78. The van der Waals surface area contributed by atoms with E-state index in [2.05, 4.69) is 61.8 Å². The molecule has 1 aromatic rings. The summed E-state index contributed by atoms with van der Waals surface area (Å²) in [5, 5.41) is 0. The van der Waals surface area contributed by atoms with Crippen molar-refractivity contribution in [3.05, 3.63) is 35.4 Å². The zero-order valence-electron chi connectivity index (χ0n) is 19.4. The fourth-order valence-electron chi connectivity index (χ4n) is 5.73. The molecule has 28 heavy (non-hydrogen) atoms. The quantitative estimate of drug-likeness (QED) is 0.599. The lowest BCUT2D eigenvalue weighted by Gasteiger charge is -2.62. The fourth-order valence-corrected chi connectivity index (χ4v) is 5.73. The summed E-state index contributed by atoms with van der Waals surface area (Å²) in [6.45, 7) is 19.9. The van der Waals surface area contributed by atoms with Crippen molar-refractivity contribution in [3.63, 3.8) is 0 Å². The molecule has 2 heterocycles. The molecule has 0 atom stereocenters. The van der Waals surface area contributed by atoms with Crippen LogP contribution in [0.25, 0.3) is 0 Å². The van der Waals surface area contributed by atoms with Gasteiger partial charge >= 0.3 is 0 Å². The van der Waals surface area contributed by atoms with Gasteiger partial charge in [-0.1, -0.05) is 65.8 Å². The standard InChI is InChI=1S/C24H38N2.C2H6/c1-18(2)21-8-10-26(11-9-21)23-13-24(14-23)16-25(17-24)15-20-6-5-7-22(12-20)19(3)4;1-2/h5-7,12,18-19,21,23H,8-11,13-17H2,1-4H3;1-2H3. The lowest BCUT2D eigenvalue weighted by atomic mass is 9.60. The van der Waals surface area contributed by atoms with E-state index in [1.807, 2.05) is 13.8 Å². The Morgan fingerprint density at radius 1 is 1.00 bits per heavy atom. The molecule has 2 aliphatic heterocycles. The van der Waals surface area contributed by atoms with Gasteiger partial charge in [0.05, 0.1) is 0 Å². The third-order valence-corrected chi connectivity index (χ3v) is 7.51. The monoisotopic (exact) mass is 384 g/mol. The summed E-state index contributed by atoms with van der Waals surface area (Å²) in [4.78, 5) is 5.49. The van der Waals surface area contributed by atoms with Crippen LogP contribution in [0.5, 0.6) is 0 Å². The maximum atomic E-state index is 2.82. The molecule has 1 aliphatic carbocycles. The molecule has 0 N–H and O–H groups in total. The van der Waals surface area contributed by atoms with Gasteiger partial charge in [-0.05, 0) is 73.1 Å². The van der Waals surface area contributed by atoms with Gasteiger partial charge in [-0.15, -0.1) is 0 Å². The molecule has 3 aliphatic rings. The van der Waals surface area contributed by atoms with Gasteiger partial charge in [0.15, 0.2) is 0 Å². The van der Waals surface area contributed by atoms with Gasteiger partial charge in [-0.2, -0.15) is 0 Å². The van der Waals surface area contributed by atoms with Gasteiger partial charge in [-0.25, -0.2) is 0 Å². The van der Waals surface area contributed by atoms with Crippen molar-refractivity contribution in [1.82, 2.24) is 9.80 Å². The predicted molar refractivity (Wildman–Crippen MR) is 122 cm³/mol. The Balaban J connectivity index is 0.00000109. The zero-order valence-corrected chi connectivity index (χ0v) is 19.4. The summed E-state index contributed by atoms with van der Waals surface area (Å²) >= 11 is 0. The lowest BCUT2D eigenvalue weighted by molar-refractivity contribution is -0.117. The van der Waals surface area contributed by atoms with Crippen LogP contribution in [0.15, 0.2) is 24.3 Å². The molecular weight excluding hydrogens is 340 g/mol. The molecule has 2 nitrogen and oxygen atoms in total. The maximum absolute atomic E-state index is 2.82. The Labute approximate surface area is 174 Å². The number of hydrogen-bond acceptors (Lipinski definition) is 2. The largest absolute Gasteiger partial charge is 0.300 e. The van der Waals surface area contributed by atoms with E-state index in [0.29, 0.717) is 11.3 Å². The topological polar surface area (TPSA) is 6.48 Å². The van der Waals surface area contributed by atoms with Crippen LogP contribution in [0, 0.1) is 17.3 Å². The van der Waals surface area contributed by atoms with Gasteiger partial charge < -0.3 is 4.90 Å². The highest BCUT2D eigenvalue weighted by Crippen LogP contribution is 2.51. The Kier molecular flexibility index (Phi) is 7.26. The highest BCUT2D eigenvalue weighted by molar-refractivity contribution is 5.26. The lowest BCUT2D eigenvalue weighted by Crippen LogP contribution is -2.66. The molecule has 3 fully saturated rings. The van der Waals surface area contributed by atoms with Crippen LogP contribution < -0.4 is 0 Å². The summed E-state index contributed by atoms with van der Waals surface area (Å²) in [7, 11) is 0. The highest BCUT2D eigenvalue weighted by Gasteiger charge is 2.53. The molecule has 0 radical (unpaired) electrons. The minimum atomic E-state index is 0.630. The van der Waals surface area contributed by atoms with E-state index >= 15 is 0 Å². The zero-order chi connectivity index (χ0) is 20.3. The molecule has 4 rings (SSSR count). The van der Waals surface area contributed by atoms with Gasteiger partial charge in [0.2, 0.25) is 0 Å². The Hall–Kier alpha value is -0.860. The molecule has 1 saturated carbocycles. The van der Waals surface area contributed by atoms with Crippen LogP contribution in [0.2, 0.25) is 0 Å². The van der Waals surface area contributed by atoms with Crippen molar-refractivity contribution in [2.45, 2.75) is 85.7 Å². The van der Waals surface area contributed by atoms with Gasteiger partial charge in [-0.3, -0.25) is 4.90 Å². The van der Waals surface area contributed by atoms with Crippen molar-refractivity contribution in [1.29, 1.82) is 0 Å². The molecule has 0 unspecified atom stereocenters. The van der Waals surface area contributed by atoms with Crippen LogP contribution in [0.3, 0.4) is 0 Å². The van der Waals surface area contributed by atoms with Crippen molar-refractivity contribution in [3.8, 4) is 0 Å². The van der Waals surface area contributed by atoms with Crippen molar-refractivity contribution >= 4 is 0 Å². The first kappa shape index (κ1) is 21.8. The third kappa shape index (κ3) is 4.82. The minimum Gasteiger partial charge on any atom is -0.300 e. The summed E-state index contributed by atoms with van der Waals surface area (Å²) in [6, 6.07) is 10.1. The number of rotatable bonds is 5. The van der Waals surface area contributed by atoms with Crippen molar-refractivity contribution in [2.24, 2.45) is 17.3 Å². The minimum absolute atomic E-state index is 0.630. The fraction of sp³-hybridized carbons (Fsp3) is 0.769. The normalized spacial score (nSPS) is 23.4. The number of likely N-dealkylation sites (tertiary alicyclic amines) is 2. The van der Waals surface area contributed by atoms with E-state index in [0.717, 1.165) is 24.4 Å². The van der Waals surface area contributed by atoms with E-state index in [-0.39, 0.29) is 0 Å². The van der Waals surface area contributed by atoms with E-state index in [4.69, 9.17) is 0 Å². The van der Waals surface area contributed by atoms with Crippen LogP contribution >= 0.6 is 0 Å². The number of nitrogens with zero attached hydrogens (tertiary/aromatic N) is 2. The average molecular weight is 385 g/mol. The molecule has 0 amide bonds. The second-order valence-corrected chi connectivity index (χ2v) is 10.2. The SMILES string of the molecule is CC.CC(C)c1cccc(CN2CC3(CC(N4CCC(C(C)C)CC4)C3)C2)c1. The Bertz CT molecular complexity index is 599. The van der Waals surface area contributed by atoms with Crippen molar-refractivity contribution < 1.29 is 0 Å². The first-order valence-corrected chi connectivity index (χ1v) is 12.0. The van der Waals surface area contributed by atoms with Crippen molar-refractivity contribution in [2.75, 3.05) is 26.2 Å². The van der Waals surface area contributed by atoms with E-state index in [9.17, 15) is 0 Å². The maximum Gasteiger partial charge on any atom is 0.0234 e. The molecule has 158 valence electrons. The summed E-state index contributed by atoms with van der Waals surface area (Å²) < 4.78 is 0. The number of hydrogen-bond donors (Lipinski definition) is 0. The van der Waals surface area contributed by atoms with Crippen LogP contribution in [0.1, 0.15) is 84.3 Å². The molecule has 2 saturated heterocycles. The van der Waals surface area contributed by atoms with Gasteiger partial charge in [0, 0.05) is 25.7 Å². The Morgan fingerprint density at radius 2 is 1.64 bits per heavy atom. The van der Waals surface area contributed by atoms with Crippen LogP contribution in [-0.2, 0) is 6.54 Å². The Morgan fingerprint density at radius 3 is 2.21 bits per heavy atom. The molecule has 2 heteroatoms. The smallest absolute Gasteiger partial charge is 0.0234 e. The first-order valence-electron chi connectivity index (χ1n) is 12.0. The molecule has 1 spiro atoms. The second-order valence-electron chi connectivity index (χ2n) is 10.2. The van der Waals surface area contributed by atoms with E-state index in [1.165, 1.54) is 63.0 Å². The number of piperidine rings is 1. The van der Waals surface area contributed by atoms with E-state index in [1.54, 1.807) is 0 Å². The van der Waals surface area contributed by atoms with E-state index < -0.39 is 0 Å². The third-order valence-electron chi connectivity index (χ3n) is 7.51. The first-order chi connectivity index (χ1) is 13.4. The molecule has 1 aromatic carbocycles. The van der Waals surface area contributed by atoms with Gasteiger partial charge in [0.1, 0.15) is 0 Å². The molecule has 0 aromatic heterocycles. The summed E-state index contributed by atoms with van der Waals surface area (Å²) in [5.74, 6) is 2.48. The van der Waals surface area contributed by atoms with Crippen LogP contribution in [-0.4, -0.2) is 42.0 Å². The van der Waals surface area contributed by atoms with Gasteiger partial charge in [0.25, 0.3) is 0 Å². The summed E-state index contributed by atoms with van der Waals surface area (Å²) in [5.41, 5.74) is 3.65. The highest BCUT2D eigenvalue weighted by atomic mass is 15.2. The molecular formula is C26H44N2. The predicted octanol–water partition coefficient (Wildman–Crippen LogP) is 6.17. The van der Waals surface area contributed by atoms with Crippen LogP contribution in [0.4, 0.5) is 0 Å². The average Bonchev–Trinajstić information content (AvgIpc) is 2.64. The number of benzene rings is 1. The second kappa shape index (κ2) is 9.30. The molecule has 0 bridgehead atoms.